The minimum absolute atomic E-state index is 0.0657. The lowest BCUT2D eigenvalue weighted by Crippen LogP contribution is -2.32. The van der Waals surface area contributed by atoms with Crippen molar-refractivity contribution in [2.24, 2.45) is 0 Å². The second kappa shape index (κ2) is 17.9. The van der Waals surface area contributed by atoms with E-state index in [1.54, 1.807) is 0 Å². The van der Waals surface area contributed by atoms with Crippen molar-refractivity contribution in [3.63, 3.8) is 0 Å². The number of ether oxygens (including phenoxy) is 1. The Morgan fingerprint density at radius 2 is 1.10 bits per heavy atom. The van der Waals surface area contributed by atoms with Crippen molar-refractivity contribution in [2.45, 2.75) is 78.6 Å². The molecule has 5 nitrogen and oxygen atoms in total. The first-order chi connectivity index (χ1) is 39.2. The zero-order valence-electron chi connectivity index (χ0n) is 50.0. The molecule has 9 aromatic carbocycles. The smallest absolute Gasteiger partial charge is 0.269 e. The van der Waals surface area contributed by atoms with Crippen LogP contribution in [0.25, 0.3) is 106 Å². The van der Waals surface area contributed by atoms with E-state index in [1.165, 1.54) is 11.1 Å². The van der Waals surface area contributed by atoms with Gasteiger partial charge in [0.15, 0.2) is 0 Å². The molecule has 0 saturated heterocycles. The van der Waals surface area contributed by atoms with E-state index in [0.717, 1.165) is 100 Å². The number of imidazole rings is 1. The van der Waals surface area contributed by atoms with Gasteiger partial charge < -0.3 is 4.74 Å². The second-order valence-corrected chi connectivity index (χ2v) is 23.5. The summed E-state index contributed by atoms with van der Waals surface area (Å²) in [5.41, 5.74) is 16.6. The maximum absolute atomic E-state index is 9.40. The molecular formula is C72H62N4O. The standard InChI is InChI=1S/C72H62N4O/c1-70(2,3)48-34-32-47(33-35-48)55-28-19-30-61-67-54(46-20-11-10-12-21-46)27-18-29-60(67)56-24-13-14-25-57(56)62-40-50(72(7,8)9)41-65-69(62)75(68(55)61)45-74(65)51-22-17-23-52(43-51)77-53-36-37-59-58-26-15-16-31-63(58)76(64(59)44-53)66-42-49(38-39-73-66)71(4,5)6/h10-44H,1-9H3/i10D,11D,12D,20D,21D. The number of para-hydroxylation sites is 2. The summed E-state index contributed by atoms with van der Waals surface area (Å²) in [5.74, 6) is 2.17. The average Bonchev–Trinajstić information content (AvgIpc) is 4.20. The summed E-state index contributed by atoms with van der Waals surface area (Å²) >= 11 is 0. The first kappa shape index (κ1) is 42.4. The molecule has 12 aromatic rings. The van der Waals surface area contributed by atoms with Crippen molar-refractivity contribution >= 4 is 32.8 Å². The predicted molar refractivity (Wildman–Crippen MR) is 319 cm³/mol. The van der Waals surface area contributed by atoms with E-state index < -0.39 is 6.04 Å². The van der Waals surface area contributed by atoms with Crippen molar-refractivity contribution in [1.82, 2.24) is 14.1 Å². The summed E-state index contributed by atoms with van der Waals surface area (Å²) in [6.45, 7) is 20.0. The van der Waals surface area contributed by atoms with Crippen LogP contribution < -0.4 is 9.30 Å². The summed E-state index contributed by atoms with van der Waals surface area (Å²) in [7, 11) is 0. The van der Waals surface area contributed by atoms with Gasteiger partial charge in [-0.25, -0.2) is 4.98 Å². The summed E-state index contributed by atoms with van der Waals surface area (Å²) in [4.78, 5) is 4.92. The lowest BCUT2D eigenvalue weighted by atomic mass is 9.82. The molecule has 1 aliphatic rings. The Morgan fingerprint density at radius 1 is 0.468 bits per heavy atom. The predicted octanol–water partition coefficient (Wildman–Crippen LogP) is 18.5. The number of hydrogen-bond donors (Lipinski definition) is 0. The Bertz CT molecular complexity index is 4580. The molecule has 5 heteroatoms. The average molecular weight is 1000 g/mol. The molecule has 3 aromatic heterocycles. The van der Waals surface area contributed by atoms with Crippen molar-refractivity contribution in [3.05, 3.63) is 235 Å². The normalized spacial score (nSPS) is 13.4. The van der Waals surface area contributed by atoms with Gasteiger partial charge in [-0.3, -0.25) is 13.7 Å². The quantitative estimate of drug-likeness (QED) is 0.123. The Balaban J connectivity index is 1.07. The molecule has 0 amide bonds. The zero-order valence-corrected chi connectivity index (χ0v) is 45.0. The highest BCUT2D eigenvalue weighted by Gasteiger charge is 2.30. The third-order valence-corrected chi connectivity index (χ3v) is 15.3. The SMILES string of the molecule is [2H]c1c([2H])c([2H])c(-c2cccc3c2-c2cccc(-c4ccc(C(C)(C)C)cc4)c2-[n+]2[c-]n(-c4cccc(Oc5ccc6c7ccccc7n(-c7cc(C(C)(C)C)ccn7)c6c5)c4)c4cc(C(C)(C)C)cc(c42)-c2ccccc2-3)c([2H])c1[2H]. The van der Waals surface area contributed by atoms with Gasteiger partial charge in [0.2, 0.25) is 0 Å². The van der Waals surface area contributed by atoms with E-state index in [-0.39, 0.29) is 46.0 Å². The van der Waals surface area contributed by atoms with Crippen LogP contribution in [0.1, 0.15) is 85.9 Å². The number of nitrogens with zero attached hydrogens (tertiary/aromatic N) is 4. The maximum atomic E-state index is 9.40. The maximum Gasteiger partial charge on any atom is 0.269 e. The fourth-order valence-corrected chi connectivity index (χ4v) is 11.3. The number of fused-ring (bicyclic) bond motifs is 10. The van der Waals surface area contributed by atoms with Crippen molar-refractivity contribution in [3.8, 4) is 84.3 Å². The van der Waals surface area contributed by atoms with Gasteiger partial charge in [0, 0.05) is 23.0 Å². The monoisotopic (exact) mass is 1000 g/mol. The van der Waals surface area contributed by atoms with Crippen LogP contribution in [0, 0.1) is 6.33 Å². The molecule has 0 saturated carbocycles. The van der Waals surface area contributed by atoms with Gasteiger partial charge in [0.05, 0.1) is 40.3 Å². The molecule has 376 valence electrons. The van der Waals surface area contributed by atoms with E-state index >= 15 is 0 Å². The van der Waals surface area contributed by atoms with E-state index in [1.807, 2.05) is 42.6 Å². The molecule has 0 unspecified atom stereocenters. The zero-order chi connectivity index (χ0) is 57.3. The molecule has 4 heterocycles. The van der Waals surface area contributed by atoms with Gasteiger partial charge in [0.25, 0.3) is 6.33 Å². The molecule has 1 aliphatic heterocycles. The van der Waals surface area contributed by atoms with E-state index in [4.69, 9.17) is 13.8 Å². The van der Waals surface area contributed by atoms with Gasteiger partial charge in [-0.1, -0.05) is 208 Å². The Hall–Kier alpha value is -8.80. The first-order valence-corrected chi connectivity index (χ1v) is 26.5. The number of rotatable bonds is 6. The summed E-state index contributed by atoms with van der Waals surface area (Å²) < 4.78 is 58.7. The highest BCUT2D eigenvalue weighted by Crippen LogP contribution is 2.49. The van der Waals surface area contributed by atoms with Crippen LogP contribution in [0.4, 0.5) is 0 Å². The Kier molecular flexibility index (Phi) is 9.87. The van der Waals surface area contributed by atoms with Crippen LogP contribution in [0.5, 0.6) is 11.5 Å². The summed E-state index contributed by atoms with van der Waals surface area (Å²) in [6, 6.07) is 59.6. The van der Waals surface area contributed by atoms with Crippen molar-refractivity contribution < 1.29 is 16.2 Å². The van der Waals surface area contributed by atoms with Crippen LogP contribution in [0.15, 0.2) is 212 Å². The van der Waals surface area contributed by atoms with Gasteiger partial charge in [-0.05, 0) is 143 Å². The molecule has 77 heavy (non-hydrogen) atoms. The molecule has 0 aliphatic carbocycles. The van der Waals surface area contributed by atoms with Gasteiger partial charge >= 0.3 is 0 Å². The molecule has 0 fully saturated rings. The lowest BCUT2D eigenvalue weighted by Gasteiger charge is -2.23. The Labute approximate surface area is 459 Å². The third-order valence-electron chi connectivity index (χ3n) is 15.3. The number of hydrogen-bond acceptors (Lipinski definition) is 2. The third kappa shape index (κ3) is 8.24. The topological polar surface area (TPSA) is 35.9 Å². The highest BCUT2D eigenvalue weighted by atomic mass is 16.5. The molecule has 0 atom stereocenters. The molecule has 0 bridgehead atoms. The van der Waals surface area contributed by atoms with E-state index in [0.29, 0.717) is 17.1 Å². The Morgan fingerprint density at radius 3 is 1.86 bits per heavy atom. The second-order valence-electron chi connectivity index (χ2n) is 23.5. The lowest BCUT2D eigenvalue weighted by molar-refractivity contribution is -0.570. The first-order valence-electron chi connectivity index (χ1n) is 29.0. The van der Waals surface area contributed by atoms with Gasteiger partial charge in [-0.2, -0.15) is 0 Å². The van der Waals surface area contributed by atoms with E-state index in [2.05, 4.69) is 222 Å². The number of aromatic nitrogens is 4. The summed E-state index contributed by atoms with van der Waals surface area (Å²) in [6.07, 6.45) is 5.87. The highest BCUT2D eigenvalue weighted by molar-refractivity contribution is 6.10. The molecular weight excluding hydrogens is 937 g/mol. The van der Waals surface area contributed by atoms with Crippen LogP contribution in [0.3, 0.4) is 0 Å². The van der Waals surface area contributed by atoms with Gasteiger partial charge in [-0.15, -0.1) is 0 Å². The van der Waals surface area contributed by atoms with Crippen molar-refractivity contribution in [2.75, 3.05) is 0 Å². The van der Waals surface area contributed by atoms with Crippen LogP contribution >= 0.6 is 0 Å². The molecule has 0 radical (unpaired) electrons. The van der Waals surface area contributed by atoms with Crippen molar-refractivity contribution in [1.29, 1.82) is 0 Å². The molecule has 13 rings (SSSR count). The van der Waals surface area contributed by atoms with E-state index in [9.17, 15) is 2.74 Å². The minimum atomic E-state index is -0.435. The fourth-order valence-electron chi connectivity index (χ4n) is 11.3. The summed E-state index contributed by atoms with van der Waals surface area (Å²) in [5, 5.41) is 2.24. The fraction of sp³-hybridized carbons (Fsp3) is 0.167. The van der Waals surface area contributed by atoms with Crippen LogP contribution in [0.2, 0.25) is 0 Å². The van der Waals surface area contributed by atoms with Crippen LogP contribution in [-0.2, 0) is 16.2 Å². The largest absolute Gasteiger partial charge is 0.458 e. The molecule has 0 spiro atoms. The minimum Gasteiger partial charge on any atom is -0.458 e. The van der Waals surface area contributed by atoms with Crippen LogP contribution in [-0.4, -0.2) is 14.1 Å². The van der Waals surface area contributed by atoms with Gasteiger partial charge in [0.1, 0.15) is 17.3 Å². The molecule has 0 N–H and O–H groups in total. The number of pyridine rings is 1. The number of benzene rings is 9.